The molecule has 0 aromatic carbocycles. The van der Waals surface area contributed by atoms with Gasteiger partial charge in [-0.3, -0.25) is 4.68 Å². The summed E-state index contributed by atoms with van der Waals surface area (Å²) in [4.78, 5) is 0. The third kappa shape index (κ3) is 2.67. The predicted molar refractivity (Wildman–Crippen MR) is 82.1 cm³/mol. The molecule has 0 amide bonds. The van der Waals surface area contributed by atoms with E-state index >= 15 is 0 Å². The lowest BCUT2D eigenvalue weighted by atomic mass is 10.0. The minimum Gasteiger partial charge on any atom is -0.481 e. The van der Waals surface area contributed by atoms with Crippen molar-refractivity contribution in [1.29, 1.82) is 0 Å². The molecule has 4 heterocycles. The number of methoxy groups -OCH3 is 1. The van der Waals surface area contributed by atoms with Gasteiger partial charge >= 0.3 is 0 Å². The van der Waals surface area contributed by atoms with Gasteiger partial charge in [0.25, 0.3) is 5.89 Å². The van der Waals surface area contributed by atoms with E-state index in [9.17, 15) is 0 Å². The third-order valence-corrected chi connectivity index (χ3v) is 4.14. The van der Waals surface area contributed by atoms with Gasteiger partial charge in [-0.15, -0.1) is 10.2 Å². The second-order valence-electron chi connectivity index (χ2n) is 5.71. The molecule has 0 saturated carbocycles. The van der Waals surface area contributed by atoms with Crippen molar-refractivity contribution < 1.29 is 13.9 Å². The number of aryl methyl sites for hydroxylation is 1. The van der Waals surface area contributed by atoms with Crippen molar-refractivity contribution in [2.45, 2.75) is 19.1 Å². The number of hydrogen-bond donors (Lipinski definition) is 0. The van der Waals surface area contributed by atoms with E-state index in [1.807, 2.05) is 16.9 Å². The van der Waals surface area contributed by atoms with Gasteiger partial charge in [-0.25, -0.2) is 4.68 Å². The third-order valence-electron chi connectivity index (χ3n) is 4.14. The maximum atomic E-state index is 5.81. The Hall–Kier alpha value is -2.68. The molecule has 24 heavy (non-hydrogen) atoms. The minimum atomic E-state index is -0.221. The van der Waals surface area contributed by atoms with Gasteiger partial charge in [0.15, 0.2) is 5.69 Å². The normalized spacial score (nSPS) is 20.6. The van der Waals surface area contributed by atoms with E-state index < -0.39 is 0 Å². The molecule has 3 aromatic rings. The minimum absolute atomic E-state index is 0.221. The van der Waals surface area contributed by atoms with Gasteiger partial charge < -0.3 is 13.9 Å². The molecule has 9 nitrogen and oxygen atoms in total. The zero-order valence-corrected chi connectivity index (χ0v) is 13.5. The fourth-order valence-corrected chi connectivity index (χ4v) is 2.94. The van der Waals surface area contributed by atoms with Crippen LogP contribution in [0.1, 0.15) is 18.4 Å². The first kappa shape index (κ1) is 14.9. The van der Waals surface area contributed by atoms with Crippen molar-refractivity contribution in [2.24, 2.45) is 13.0 Å². The second kappa shape index (κ2) is 6.08. The maximum absolute atomic E-state index is 5.81. The highest BCUT2D eigenvalue weighted by Crippen LogP contribution is 2.36. The summed E-state index contributed by atoms with van der Waals surface area (Å²) < 4.78 is 20.3. The summed E-state index contributed by atoms with van der Waals surface area (Å²) in [6.07, 6.45) is 4.42. The lowest BCUT2D eigenvalue weighted by molar-refractivity contribution is 0.0633. The molecule has 0 bridgehead atoms. The van der Waals surface area contributed by atoms with Crippen LogP contribution >= 0.6 is 0 Å². The molecular weight excluding hydrogens is 312 g/mol. The molecule has 1 aliphatic rings. The highest BCUT2D eigenvalue weighted by molar-refractivity contribution is 5.48. The van der Waals surface area contributed by atoms with E-state index in [1.165, 1.54) is 0 Å². The molecule has 126 valence electrons. The van der Waals surface area contributed by atoms with E-state index in [0.717, 1.165) is 13.0 Å². The molecule has 0 spiro atoms. The number of ether oxygens (including phenoxy) is 2. The Balaban J connectivity index is 1.55. The molecule has 1 fully saturated rings. The van der Waals surface area contributed by atoms with Crippen LogP contribution in [0.5, 0.6) is 5.88 Å². The van der Waals surface area contributed by atoms with E-state index in [1.54, 1.807) is 31.1 Å². The molecule has 0 N–H and O–H groups in total. The van der Waals surface area contributed by atoms with E-state index in [0.29, 0.717) is 30.0 Å². The zero-order chi connectivity index (χ0) is 16.5. The Bertz CT molecular complexity index is 809. The molecule has 2 atom stereocenters. The van der Waals surface area contributed by atoms with Crippen LogP contribution in [0.4, 0.5) is 0 Å². The highest BCUT2D eigenvalue weighted by Gasteiger charge is 2.34. The average Bonchev–Trinajstić information content (AvgIpc) is 3.34. The first-order valence-electron chi connectivity index (χ1n) is 7.75. The smallest absolute Gasteiger partial charge is 0.268 e. The molecule has 3 aromatic heterocycles. The van der Waals surface area contributed by atoms with E-state index in [4.69, 9.17) is 13.9 Å². The van der Waals surface area contributed by atoms with Crippen LogP contribution in [-0.2, 0) is 18.3 Å². The van der Waals surface area contributed by atoms with E-state index in [-0.39, 0.29) is 12.0 Å². The van der Waals surface area contributed by atoms with Gasteiger partial charge in [0.2, 0.25) is 11.8 Å². The van der Waals surface area contributed by atoms with Crippen LogP contribution in [-0.4, -0.2) is 43.5 Å². The van der Waals surface area contributed by atoms with Crippen LogP contribution < -0.4 is 4.74 Å². The molecule has 1 saturated heterocycles. The molecule has 0 radical (unpaired) electrons. The van der Waals surface area contributed by atoms with Crippen LogP contribution in [0.15, 0.2) is 28.9 Å². The Labute approximate surface area is 138 Å². The fraction of sp³-hybridized carbons (Fsp3) is 0.467. The summed E-state index contributed by atoms with van der Waals surface area (Å²) >= 11 is 0. The Morgan fingerprint density at radius 3 is 3.04 bits per heavy atom. The molecule has 9 heteroatoms. The van der Waals surface area contributed by atoms with Crippen LogP contribution in [0, 0.1) is 5.92 Å². The average molecular weight is 330 g/mol. The molecule has 0 aliphatic carbocycles. The topological polar surface area (TPSA) is 93.0 Å². The van der Waals surface area contributed by atoms with Gasteiger partial charge in [-0.05, 0) is 12.5 Å². The first-order valence-corrected chi connectivity index (χ1v) is 7.75. The second-order valence-corrected chi connectivity index (χ2v) is 5.71. The standard InChI is InChI=1S/C15H18N6O3/c1-20-12(22-2)8-11(19-20)14-17-18-15(24-14)13-10(4-7-23-13)9-21-6-3-5-16-21/h3,5-6,8,10,13H,4,7,9H2,1-2H3/t10-,13-/m0/s1. The number of rotatable bonds is 5. The number of nitrogens with zero attached hydrogens (tertiary/aromatic N) is 6. The summed E-state index contributed by atoms with van der Waals surface area (Å²) in [6, 6.07) is 3.66. The zero-order valence-electron chi connectivity index (χ0n) is 13.5. The van der Waals surface area contributed by atoms with Gasteiger partial charge in [0.05, 0.1) is 7.11 Å². The summed E-state index contributed by atoms with van der Waals surface area (Å²) in [5.41, 5.74) is 0.578. The lowest BCUT2D eigenvalue weighted by Crippen LogP contribution is -2.15. The van der Waals surface area contributed by atoms with Gasteiger partial charge in [0, 0.05) is 44.6 Å². The summed E-state index contributed by atoms with van der Waals surface area (Å²) in [5.74, 6) is 1.71. The molecule has 0 unspecified atom stereocenters. The highest BCUT2D eigenvalue weighted by atomic mass is 16.5. The quantitative estimate of drug-likeness (QED) is 0.699. The van der Waals surface area contributed by atoms with Crippen LogP contribution in [0.3, 0.4) is 0 Å². The lowest BCUT2D eigenvalue weighted by Gasteiger charge is -2.14. The first-order chi connectivity index (χ1) is 11.7. The monoisotopic (exact) mass is 330 g/mol. The predicted octanol–water partition coefficient (Wildman–Crippen LogP) is 1.45. The van der Waals surface area contributed by atoms with E-state index in [2.05, 4.69) is 20.4 Å². The van der Waals surface area contributed by atoms with Crippen LogP contribution in [0.25, 0.3) is 11.6 Å². The van der Waals surface area contributed by atoms with Crippen molar-refractivity contribution in [1.82, 2.24) is 29.8 Å². The maximum Gasteiger partial charge on any atom is 0.268 e. The fourth-order valence-electron chi connectivity index (χ4n) is 2.94. The van der Waals surface area contributed by atoms with Crippen molar-refractivity contribution in [2.75, 3.05) is 13.7 Å². The van der Waals surface area contributed by atoms with Gasteiger partial charge in [0.1, 0.15) is 6.10 Å². The number of aromatic nitrogens is 6. The summed E-state index contributed by atoms with van der Waals surface area (Å²) in [6.45, 7) is 1.43. The molecular formula is C15H18N6O3. The Morgan fingerprint density at radius 1 is 1.38 bits per heavy atom. The van der Waals surface area contributed by atoms with Crippen molar-refractivity contribution >= 4 is 0 Å². The van der Waals surface area contributed by atoms with Gasteiger partial charge in [-0.2, -0.15) is 10.2 Å². The molecule has 4 rings (SSSR count). The summed E-state index contributed by atoms with van der Waals surface area (Å²) in [7, 11) is 3.38. The Kier molecular flexibility index (Phi) is 3.77. The van der Waals surface area contributed by atoms with Gasteiger partial charge in [-0.1, -0.05) is 0 Å². The summed E-state index contributed by atoms with van der Waals surface area (Å²) in [5, 5.41) is 16.8. The van der Waals surface area contributed by atoms with Crippen LogP contribution in [0.2, 0.25) is 0 Å². The Morgan fingerprint density at radius 2 is 2.29 bits per heavy atom. The molecule has 1 aliphatic heterocycles. The van der Waals surface area contributed by atoms with Crippen molar-refractivity contribution in [3.05, 3.63) is 30.4 Å². The van der Waals surface area contributed by atoms with Crippen molar-refractivity contribution in [3.8, 4) is 17.5 Å². The SMILES string of the molecule is COc1cc(-c2nnc([C@H]3OCC[C@H]3Cn3cccn3)o2)nn1C. The number of hydrogen-bond acceptors (Lipinski definition) is 7. The largest absolute Gasteiger partial charge is 0.481 e. The van der Waals surface area contributed by atoms with Crippen molar-refractivity contribution in [3.63, 3.8) is 0 Å².